The third kappa shape index (κ3) is 5.99. The predicted octanol–water partition coefficient (Wildman–Crippen LogP) is 3.24. The number of anilines is 1. The van der Waals surface area contributed by atoms with E-state index < -0.39 is 0 Å². The molecule has 0 unspecified atom stereocenters. The van der Waals surface area contributed by atoms with Crippen molar-refractivity contribution in [3.8, 4) is 0 Å². The van der Waals surface area contributed by atoms with Gasteiger partial charge < -0.3 is 15.1 Å². The van der Waals surface area contributed by atoms with Crippen molar-refractivity contribution in [1.82, 2.24) is 24.6 Å². The minimum absolute atomic E-state index is 0. The zero-order valence-corrected chi connectivity index (χ0v) is 21.0. The van der Waals surface area contributed by atoms with Crippen LogP contribution in [0.25, 0.3) is 0 Å². The first-order valence-electron chi connectivity index (χ1n) is 9.58. The zero-order valence-electron chi connectivity index (χ0n) is 17.0. The summed E-state index contributed by atoms with van der Waals surface area (Å²) in [4.78, 5) is 18.4. The van der Waals surface area contributed by atoms with Crippen LogP contribution in [0, 0.1) is 0 Å². The van der Waals surface area contributed by atoms with Gasteiger partial charge >= 0.3 is 0 Å². The smallest absolute Gasteiger partial charge is 0.205 e. The van der Waals surface area contributed by atoms with Gasteiger partial charge in [0.25, 0.3) is 0 Å². The van der Waals surface area contributed by atoms with E-state index in [1.54, 1.807) is 11.3 Å². The van der Waals surface area contributed by atoms with Crippen molar-refractivity contribution in [3.05, 3.63) is 21.9 Å². The van der Waals surface area contributed by atoms with Gasteiger partial charge in [-0.05, 0) is 0 Å². The molecule has 0 atom stereocenters. The fourth-order valence-corrected chi connectivity index (χ4v) is 4.63. The molecule has 1 aliphatic heterocycles. The van der Waals surface area contributed by atoms with Crippen LogP contribution in [-0.4, -0.2) is 65.0 Å². The SMILES string of the molecule is CCc1nsc(N2CCN(C(=NC)NCCc3csc(C(C)C)n3)CC2)n1.I. The van der Waals surface area contributed by atoms with E-state index in [9.17, 15) is 0 Å². The summed E-state index contributed by atoms with van der Waals surface area (Å²) in [5.41, 5.74) is 1.17. The molecule has 3 rings (SSSR count). The Morgan fingerprint density at radius 2 is 2.00 bits per heavy atom. The van der Waals surface area contributed by atoms with Crippen molar-refractivity contribution < 1.29 is 0 Å². The van der Waals surface area contributed by atoms with E-state index in [1.807, 2.05) is 7.05 Å². The van der Waals surface area contributed by atoms with Gasteiger partial charge in [0.15, 0.2) is 5.96 Å². The summed E-state index contributed by atoms with van der Waals surface area (Å²) in [6.45, 7) is 11.1. The molecule has 1 fully saturated rings. The number of rotatable bonds is 6. The average Bonchev–Trinajstić information content (AvgIpc) is 3.35. The van der Waals surface area contributed by atoms with Crippen molar-refractivity contribution >= 4 is 57.9 Å². The number of aliphatic imine (C=N–C) groups is 1. The maximum absolute atomic E-state index is 4.70. The second-order valence-corrected chi connectivity index (χ2v) is 8.50. The molecule has 0 spiro atoms. The molecule has 3 heterocycles. The van der Waals surface area contributed by atoms with E-state index in [0.717, 1.165) is 62.5 Å². The van der Waals surface area contributed by atoms with Crippen LogP contribution in [0.4, 0.5) is 5.13 Å². The largest absolute Gasteiger partial charge is 0.356 e. The number of hydrogen-bond donors (Lipinski definition) is 1. The number of nitrogens with one attached hydrogen (secondary N) is 1. The van der Waals surface area contributed by atoms with E-state index >= 15 is 0 Å². The molecular formula is C18H30IN7S2. The minimum atomic E-state index is 0. The molecule has 1 N–H and O–H groups in total. The van der Waals surface area contributed by atoms with Crippen LogP contribution < -0.4 is 10.2 Å². The van der Waals surface area contributed by atoms with Crippen LogP contribution in [0.2, 0.25) is 0 Å². The summed E-state index contributed by atoms with van der Waals surface area (Å²) in [6.07, 6.45) is 1.82. The lowest BCUT2D eigenvalue weighted by Crippen LogP contribution is -2.52. The van der Waals surface area contributed by atoms with E-state index in [2.05, 4.69) is 55.6 Å². The van der Waals surface area contributed by atoms with E-state index in [-0.39, 0.29) is 24.0 Å². The Hall–Kier alpha value is -1.01. The monoisotopic (exact) mass is 535 g/mol. The second kappa shape index (κ2) is 11.2. The summed E-state index contributed by atoms with van der Waals surface area (Å²) in [6, 6.07) is 0. The maximum Gasteiger partial charge on any atom is 0.205 e. The zero-order chi connectivity index (χ0) is 19.2. The van der Waals surface area contributed by atoms with E-state index in [1.165, 1.54) is 22.2 Å². The van der Waals surface area contributed by atoms with Gasteiger partial charge in [0.05, 0.1) is 10.7 Å². The Bertz CT molecular complexity index is 751. The van der Waals surface area contributed by atoms with Crippen molar-refractivity contribution in [1.29, 1.82) is 0 Å². The number of aryl methyl sites for hydroxylation is 1. The van der Waals surface area contributed by atoms with Crippen molar-refractivity contribution in [3.63, 3.8) is 0 Å². The Balaban J connectivity index is 0.00000280. The molecule has 0 amide bonds. The number of thiazole rings is 1. The Morgan fingerprint density at radius 1 is 1.25 bits per heavy atom. The van der Waals surface area contributed by atoms with Crippen LogP contribution in [0.5, 0.6) is 0 Å². The summed E-state index contributed by atoms with van der Waals surface area (Å²) in [5, 5.41) is 7.92. The third-order valence-corrected chi connectivity index (χ3v) is 6.57. The predicted molar refractivity (Wildman–Crippen MR) is 130 cm³/mol. The second-order valence-electron chi connectivity index (χ2n) is 6.88. The third-order valence-electron chi connectivity index (χ3n) is 4.56. The number of guanidine groups is 1. The molecule has 7 nitrogen and oxygen atoms in total. The molecule has 28 heavy (non-hydrogen) atoms. The Labute approximate surface area is 192 Å². The van der Waals surface area contributed by atoms with E-state index in [0.29, 0.717) is 5.92 Å². The molecule has 0 aromatic carbocycles. The van der Waals surface area contributed by atoms with Crippen LogP contribution in [-0.2, 0) is 12.8 Å². The normalized spacial score (nSPS) is 15.1. The lowest BCUT2D eigenvalue weighted by molar-refractivity contribution is 0.372. The number of nitrogens with zero attached hydrogens (tertiary/aromatic N) is 6. The summed E-state index contributed by atoms with van der Waals surface area (Å²) >= 11 is 3.26. The molecule has 1 saturated heterocycles. The first kappa shape index (κ1) is 23.3. The molecule has 156 valence electrons. The Morgan fingerprint density at radius 3 is 2.57 bits per heavy atom. The molecule has 0 aliphatic carbocycles. The fraction of sp³-hybridized carbons (Fsp3) is 0.667. The van der Waals surface area contributed by atoms with Crippen LogP contribution in [0.15, 0.2) is 10.4 Å². The lowest BCUT2D eigenvalue weighted by atomic mass is 10.2. The minimum Gasteiger partial charge on any atom is -0.356 e. The van der Waals surface area contributed by atoms with Gasteiger partial charge in [0.1, 0.15) is 5.82 Å². The first-order chi connectivity index (χ1) is 13.1. The van der Waals surface area contributed by atoms with Gasteiger partial charge in [0, 0.05) is 75.4 Å². The quantitative estimate of drug-likeness (QED) is 0.348. The number of aromatic nitrogens is 3. The number of piperazine rings is 1. The van der Waals surface area contributed by atoms with E-state index in [4.69, 9.17) is 4.98 Å². The highest BCUT2D eigenvalue weighted by Gasteiger charge is 2.22. The van der Waals surface area contributed by atoms with Gasteiger partial charge in [-0.2, -0.15) is 4.37 Å². The molecule has 0 radical (unpaired) electrons. The topological polar surface area (TPSA) is 69.5 Å². The molecule has 2 aromatic heterocycles. The highest BCUT2D eigenvalue weighted by molar-refractivity contribution is 14.0. The number of halogens is 1. The van der Waals surface area contributed by atoms with Crippen molar-refractivity contribution in [2.45, 2.75) is 39.5 Å². The molecule has 2 aromatic rings. The van der Waals surface area contributed by atoms with Gasteiger partial charge in [-0.1, -0.05) is 20.8 Å². The molecule has 1 aliphatic rings. The Kier molecular flexibility index (Phi) is 9.35. The fourth-order valence-electron chi connectivity index (χ4n) is 2.96. The van der Waals surface area contributed by atoms with Crippen molar-refractivity contribution in [2.75, 3.05) is 44.7 Å². The first-order valence-corrected chi connectivity index (χ1v) is 11.2. The molecule has 0 saturated carbocycles. The van der Waals surface area contributed by atoms with Crippen LogP contribution in [0.1, 0.15) is 43.2 Å². The molecular weight excluding hydrogens is 505 g/mol. The highest BCUT2D eigenvalue weighted by Crippen LogP contribution is 2.20. The van der Waals surface area contributed by atoms with Gasteiger partial charge in [-0.15, -0.1) is 35.3 Å². The molecule has 10 heteroatoms. The van der Waals surface area contributed by atoms with Gasteiger partial charge in [-0.25, -0.2) is 9.97 Å². The van der Waals surface area contributed by atoms with Crippen molar-refractivity contribution in [2.24, 2.45) is 4.99 Å². The summed E-state index contributed by atoms with van der Waals surface area (Å²) < 4.78 is 4.40. The van der Waals surface area contributed by atoms with Crippen LogP contribution >= 0.6 is 46.8 Å². The summed E-state index contributed by atoms with van der Waals surface area (Å²) in [5.74, 6) is 2.42. The lowest BCUT2D eigenvalue weighted by Gasteiger charge is -2.36. The van der Waals surface area contributed by atoms with Crippen LogP contribution in [0.3, 0.4) is 0 Å². The molecule has 0 bridgehead atoms. The highest BCUT2D eigenvalue weighted by atomic mass is 127. The standard InChI is InChI=1S/C18H29N7S2.HI/c1-5-15-22-18(27-23-15)25-10-8-24(9-11-25)17(19-4)20-7-6-14-12-26-16(21-14)13(2)3;/h12-13H,5-11H2,1-4H3,(H,19,20);1H. The van der Waals surface area contributed by atoms with Gasteiger partial charge in [0.2, 0.25) is 5.13 Å². The number of hydrogen-bond acceptors (Lipinski definition) is 7. The summed E-state index contributed by atoms with van der Waals surface area (Å²) in [7, 11) is 1.85. The van der Waals surface area contributed by atoms with Gasteiger partial charge in [-0.3, -0.25) is 4.99 Å². The maximum atomic E-state index is 4.70. The average molecular weight is 536 g/mol.